The monoisotopic (exact) mass is 261 g/mol. The maximum Gasteiger partial charge on any atom is 0.417 e. The van der Waals surface area contributed by atoms with Gasteiger partial charge in [-0.25, -0.2) is 0 Å². The van der Waals surface area contributed by atoms with E-state index in [1.165, 1.54) is 19.2 Å². The van der Waals surface area contributed by atoms with E-state index < -0.39 is 17.6 Å². The fourth-order valence-electron chi connectivity index (χ4n) is 1.42. The second-order valence-electron chi connectivity index (χ2n) is 3.59. The van der Waals surface area contributed by atoms with E-state index in [0.717, 1.165) is 6.07 Å². The third kappa shape index (κ3) is 3.63. The topological polar surface area (TPSA) is 71.1 Å². The molecule has 0 aromatic heterocycles. The molecular weight excluding hydrogens is 247 g/mol. The van der Waals surface area contributed by atoms with Crippen molar-refractivity contribution in [1.29, 1.82) is 5.41 Å². The highest BCUT2D eigenvalue weighted by atomic mass is 19.4. The van der Waals surface area contributed by atoms with E-state index >= 15 is 0 Å². The molecule has 0 atom stereocenters. The molecule has 0 aliphatic rings. The summed E-state index contributed by atoms with van der Waals surface area (Å²) in [6.45, 7) is 0.885. The van der Waals surface area contributed by atoms with E-state index in [-0.39, 0.29) is 5.56 Å². The van der Waals surface area contributed by atoms with Crippen LogP contribution in [0.3, 0.4) is 0 Å². The van der Waals surface area contributed by atoms with Gasteiger partial charge < -0.3 is 15.8 Å². The van der Waals surface area contributed by atoms with E-state index in [9.17, 15) is 13.2 Å². The molecule has 100 valence electrons. The molecule has 4 nitrogen and oxygen atoms in total. The predicted molar refractivity (Wildman–Crippen MR) is 62.8 cm³/mol. The Kier molecular flexibility index (Phi) is 4.55. The first-order valence-corrected chi connectivity index (χ1v) is 5.14. The SMILES string of the molecule is COCCNc1ccc(C(F)(F)F)c(C(=N)N)c1. The molecule has 18 heavy (non-hydrogen) atoms. The number of nitrogens with one attached hydrogen (secondary N) is 2. The van der Waals surface area contributed by atoms with Gasteiger partial charge in [-0.05, 0) is 18.2 Å². The number of alkyl halides is 3. The molecule has 4 N–H and O–H groups in total. The first kappa shape index (κ1) is 14.3. The number of methoxy groups -OCH3 is 1. The molecule has 0 heterocycles. The summed E-state index contributed by atoms with van der Waals surface area (Å²) in [4.78, 5) is 0. The Hall–Kier alpha value is -1.76. The highest BCUT2D eigenvalue weighted by Crippen LogP contribution is 2.33. The van der Waals surface area contributed by atoms with Gasteiger partial charge in [0.15, 0.2) is 0 Å². The standard InChI is InChI=1S/C11H14F3N3O/c1-18-5-4-17-7-2-3-9(11(12,13)14)8(6-7)10(15)16/h2-3,6,17H,4-5H2,1H3,(H3,15,16). The van der Waals surface area contributed by atoms with Gasteiger partial charge in [-0.2, -0.15) is 13.2 Å². The van der Waals surface area contributed by atoms with Gasteiger partial charge in [0.1, 0.15) is 5.84 Å². The van der Waals surface area contributed by atoms with Crippen molar-refractivity contribution in [2.24, 2.45) is 5.73 Å². The summed E-state index contributed by atoms with van der Waals surface area (Å²) in [5.74, 6) is -0.613. The third-order valence-electron chi connectivity index (χ3n) is 2.25. The van der Waals surface area contributed by atoms with Crippen molar-refractivity contribution in [1.82, 2.24) is 0 Å². The van der Waals surface area contributed by atoms with Crippen LogP contribution in [0.2, 0.25) is 0 Å². The average Bonchev–Trinajstić information content (AvgIpc) is 2.27. The molecule has 0 saturated carbocycles. The van der Waals surface area contributed by atoms with Crippen molar-refractivity contribution < 1.29 is 17.9 Å². The Labute approximate surface area is 102 Å². The maximum absolute atomic E-state index is 12.7. The van der Waals surface area contributed by atoms with Crippen LogP contribution in [0.15, 0.2) is 18.2 Å². The zero-order chi connectivity index (χ0) is 13.8. The Balaban J connectivity index is 3.01. The number of benzene rings is 1. The molecule has 0 bridgehead atoms. The van der Waals surface area contributed by atoms with Crippen LogP contribution < -0.4 is 11.1 Å². The van der Waals surface area contributed by atoms with Crippen LogP contribution in [-0.2, 0) is 10.9 Å². The van der Waals surface area contributed by atoms with Crippen LogP contribution in [0.4, 0.5) is 18.9 Å². The predicted octanol–water partition coefficient (Wildman–Crippen LogP) is 2.05. The molecule has 0 amide bonds. The zero-order valence-corrected chi connectivity index (χ0v) is 9.77. The molecule has 0 spiro atoms. The largest absolute Gasteiger partial charge is 0.417 e. The minimum Gasteiger partial charge on any atom is -0.384 e. The molecule has 1 aromatic carbocycles. The molecule has 7 heteroatoms. The fraction of sp³-hybridized carbons (Fsp3) is 0.364. The lowest BCUT2D eigenvalue weighted by molar-refractivity contribution is -0.137. The molecule has 0 unspecified atom stereocenters. The molecule has 0 saturated heterocycles. The van der Waals surface area contributed by atoms with Gasteiger partial charge in [0, 0.05) is 24.9 Å². The lowest BCUT2D eigenvalue weighted by Gasteiger charge is -2.14. The minimum absolute atomic E-state index is 0.329. The molecule has 0 radical (unpaired) electrons. The van der Waals surface area contributed by atoms with Crippen LogP contribution in [0.25, 0.3) is 0 Å². The maximum atomic E-state index is 12.7. The van der Waals surface area contributed by atoms with Crippen LogP contribution in [0, 0.1) is 5.41 Å². The number of amidine groups is 1. The van der Waals surface area contributed by atoms with Crippen LogP contribution >= 0.6 is 0 Å². The Bertz CT molecular complexity index is 432. The summed E-state index contributed by atoms with van der Waals surface area (Å²) >= 11 is 0. The number of halogens is 3. The van der Waals surface area contributed by atoms with Crippen molar-refractivity contribution in [2.45, 2.75) is 6.18 Å². The quantitative estimate of drug-likeness (QED) is 0.431. The molecule has 1 aromatic rings. The van der Waals surface area contributed by atoms with Gasteiger partial charge in [-0.1, -0.05) is 0 Å². The Morgan fingerprint density at radius 3 is 2.61 bits per heavy atom. The van der Waals surface area contributed by atoms with Crippen LogP contribution in [0.1, 0.15) is 11.1 Å². The second kappa shape index (κ2) is 5.72. The number of anilines is 1. The minimum atomic E-state index is -4.52. The number of rotatable bonds is 5. The van der Waals surface area contributed by atoms with E-state index in [4.69, 9.17) is 15.9 Å². The molecule has 0 fully saturated rings. The van der Waals surface area contributed by atoms with Gasteiger partial charge in [0.2, 0.25) is 0 Å². The number of hydrogen-bond donors (Lipinski definition) is 3. The highest BCUT2D eigenvalue weighted by Gasteiger charge is 2.34. The lowest BCUT2D eigenvalue weighted by Crippen LogP contribution is -2.19. The van der Waals surface area contributed by atoms with E-state index in [1.54, 1.807) is 0 Å². The first-order chi connectivity index (χ1) is 8.36. The summed E-state index contributed by atoms with van der Waals surface area (Å²) in [7, 11) is 1.52. The summed E-state index contributed by atoms with van der Waals surface area (Å²) < 4.78 is 42.8. The molecule has 0 aliphatic heterocycles. The van der Waals surface area contributed by atoms with Gasteiger partial charge >= 0.3 is 6.18 Å². The molecule has 0 aliphatic carbocycles. The number of nitrogen functional groups attached to an aromatic ring is 1. The highest BCUT2D eigenvalue weighted by molar-refractivity contribution is 5.97. The number of hydrogen-bond acceptors (Lipinski definition) is 3. The summed E-state index contributed by atoms with van der Waals surface area (Å²) in [6, 6.07) is 3.41. The summed E-state index contributed by atoms with van der Waals surface area (Å²) in [5.41, 5.74) is 4.39. The van der Waals surface area contributed by atoms with Crippen molar-refractivity contribution in [3.8, 4) is 0 Å². The smallest absolute Gasteiger partial charge is 0.384 e. The lowest BCUT2D eigenvalue weighted by atomic mass is 10.1. The van der Waals surface area contributed by atoms with Gasteiger partial charge in [-0.3, -0.25) is 5.41 Å². The van der Waals surface area contributed by atoms with Crippen molar-refractivity contribution in [3.05, 3.63) is 29.3 Å². The Morgan fingerprint density at radius 1 is 1.44 bits per heavy atom. The average molecular weight is 261 g/mol. The number of ether oxygens (including phenoxy) is 1. The van der Waals surface area contributed by atoms with E-state index in [1.807, 2.05) is 0 Å². The molecule has 1 rings (SSSR count). The van der Waals surface area contributed by atoms with Crippen molar-refractivity contribution >= 4 is 11.5 Å². The normalized spacial score (nSPS) is 11.3. The first-order valence-electron chi connectivity index (χ1n) is 5.14. The molecular formula is C11H14F3N3O. The van der Waals surface area contributed by atoms with Gasteiger partial charge in [0.25, 0.3) is 0 Å². The van der Waals surface area contributed by atoms with E-state index in [0.29, 0.717) is 18.8 Å². The number of nitrogens with two attached hydrogens (primary N) is 1. The van der Waals surface area contributed by atoms with Crippen LogP contribution in [-0.4, -0.2) is 26.1 Å². The zero-order valence-electron chi connectivity index (χ0n) is 9.77. The van der Waals surface area contributed by atoms with Gasteiger partial charge in [0.05, 0.1) is 12.2 Å². The third-order valence-corrected chi connectivity index (χ3v) is 2.25. The summed E-state index contributed by atoms with van der Waals surface area (Å²) in [6.07, 6.45) is -4.52. The van der Waals surface area contributed by atoms with Crippen molar-refractivity contribution in [3.63, 3.8) is 0 Å². The van der Waals surface area contributed by atoms with Gasteiger partial charge in [-0.15, -0.1) is 0 Å². The Morgan fingerprint density at radius 2 is 2.11 bits per heavy atom. The van der Waals surface area contributed by atoms with E-state index in [2.05, 4.69) is 5.32 Å². The second-order valence-corrected chi connectivity index (χ2v) is 3.59. The van der Waals surface area contributed by atoms with Crippen molar-refractivity contribution in [2.75, 3.05) is 25.6 Å². The van der Waals surface area contributed by atoms with Crippen LogP contribution in [0.5, 0.6) is 0 Å². The summed E-state index contributed by atoms with van der Waals surface area (Å²) in [5, 5.41) is 10.1. The fourth-order valence-corrected chi connectivity index (χ4v) is 1.42.